The van der Waals surface area contributed by atoms with E-state index in [9.17, 15) is 19.2 Å². The molecule has 0 spiro atoms. The predicted octanol–water partition coefficient (Wildman–Crippen LogP) is 5.39. The number of aryl methyl sites for hydroxylation is 1. The molecule has 2 aliphatic rings. The Bertz CT molecular complexity index is 756. The maximum Gasteiger partial charge on any atom is 0.262 e. The molecule has 4 amide bonds. The van der Waals surface area contributed by atoms with Crippen molar-refractivity contribution in [1.29, 1.82) is 0 Å². The van der Waals surface area contributed by atoms with Crippen molar-refractivity contribution < 1.29 is 19.2 Å². The second-order valence-electron chi connectivity index (χ2n) is 7.44. The summed E-state index contributed by atoms with van der Waals surface area (Å²) in [5.41, 5.74) is 6.59. The summed E-state index contributed by atoms with van der Waals surface area (Å²) in [5.74, 6) is -1.90. The van der Waals surface area contributed by atoms with Crippen LogP contribution in [0.15, 0.2) is 18.2 Å². The molecule has 3 N–H and O–H groups in total. The van der Waals surface area contributed by atoms with Crippen LogP contribution in [0.1, 0.15) is 120 Å². The highest BCUT2D eigenvalue weighted by Gasteiger charge is 2.44. The smallest absolute Gasteiger partial charge is 0.262 e. The number of imide groups is 2. The number of hydrogen-bond donors (Lipinski definition) is 2. The first-order chi connectivity index (χ1) is 16.3. The number of benzene rings is 1. The number of piperidine rings is 1. The van der Waals surface area contributed by atoms with Crippen LogP contribution in [-0.2, 0) is 9.59 Å². The number of nitrogens with one attached hydrogen (secondary N) is 1. The lowest BCUT2D eigenvalue weighted by atomic mass is 10.0. The number of nitrogens with zero attached hydrogens (tertiary/aromatic N) is 1. The molecule has 2 aliphatic heterocycles. The van der Waals surface area contributed by atoms with Crippen LogP contribution >= 0.6 is 0 Å². The van der Waals surface area contributed by atoms with Gasteiger partial charge in [0.25, 0.3) is 11.8 Å². The largest absolute Gasteiger partial charge is 0.330 e. The summed E-state index contributed by atoms with van der Waals surface area (Å²) >= 11 is 0. The summed E-state index contributed by atoms with van der Waals surface area (Å²) < 4.78 is 0. The van der Waals surface area contributed by atoms with Crippen molar-refractivity contribution >= 4 is 23.6 Å². The molecule has 1 atom stereocenters. The first kappa shape index (κ1) is 33.6. The Kier molecular flexibility index (Phi) is 19.7. The summed E-state index contributed by atoms with van der Waals surface area (Å²) in [7, 11) is 0. The van der Waals surface area contributed by atoms with Crippen molar-refractivity contribution in [3.05, 3.63) is 34.9 Å². The molecule has 0 saturated carbocycles. The molecule has 7 heteroatoms. The van der Waals surface area contributed by atoms with E-state index in [1.165, 1.54) is 32.1 Å². The van der Waals surface area contributed by atoms with Crippen molar-refractivity contribution in [3.8, 4) is 0 Å². The molecule has 1 unspecified atom stereocenters. The van der Waals surface area contributed by atoms with Crippen LogP contribution < -0.4 is 11.1 Å². The van der Waals surface area contributed by atoms with Gasteiger partial charge in [-0.15, -0.1) is 0 Å². The number of amides is 4. The van der Waals surface area contributed by atoms with E-state index < -0.39 is 23.8 Å². The highest BCUT2D eigenvalue weighted by atomic mass is 16.2. The van der Waals surface area contributed by atoms with Gasteiger partial charge in [-0.1, -0.05) is 86.3 Å². The second-order valence-corrected chi connectivity index (χ2v) is 7.44. The maximum atomic E-state index is 12.4. The molecule has 2 heterocycles. The van der Waals surface area contributed by atoms with Gasteiger partial charge in [-0.2, -0.15) is 0 Å². The normalized spacial score (nSPS) is 15.8. The Hall–Kier alpha value is -2.54. The molecule has 0 bridgehead atoms. The minimum absolute atomic E-state index is 0.128. The summed E-state index contributed by atoms with van der Waals surface area (Å²) in [6, 6.07) is 4.12. The van der Waals surface area contributed by atoms with Crippen molar-refractivity contribution in [2.45, 2.75) is 106 Å². The van der Waals surface area contributed by atoms with Gasteiger partial charge in [0.2, 0.25) is 11.8 Å². The molecule has 1 aromatic carbocycles. The first-order valence-corrected chi connectivity index (χ1v) is 12.8. The fourth-order valence-corrected chi connectivity index (χ4v) is 3.08. The van der Waals surface area contributed by atoms with Crippen molar-refractivity contribution in [1.82, 2.24) is 10.2 Å². The van der Waals surface area contributed by atoms with E-state index in [-0.39, 0.29) is 18.7 Å². The van der Waals surface area contributed by atoms with E-state index in [2.05, 4.69) is 26.1 Å². The third-order valence-corrected chi connectivity index (χ3v) is 4.98. The van der Waals surface area contributed by atoms with Gasteiger partial charge in [-0.3, -0.25) is 29.4 Å². The number of nitrogens with two attached hydrogens (primary N) is 1. The van der Waals surface area contributed by atoms with Gasteiger partial charge >= 0.3 is 0 Å². The SMILES string of the molecule is CC.CC.CCCC.CCCCCN.Cc1cccc2c1C(=O)N(C1CCC(=O)NC1=O)C2=O. The molecule has 0 aromatic heterocycles. The van der Waals surface area contributed by atoms with Gasteiger partial charge in [-0.05, 0) is 37.9 Å². The maximum absolute atomic E-state index is 12.4. The summed E-state index contributed by atoms with van der Waals surface area (Å²) in [6.07, 6.45) is 6.70. The van der Waals surface area contributed by atoms with E-state index in [0.717, 1.165) is 11.4 Å². The third kappa shape index (κ3) is 10.2. The van der Waals surface area contributed by atoms with E-state index >= 15 is 0 Å². The molecule has 34 heavy (non-hydrogen) atoms. The predicted molar refractivity (Wildman–Crippen MR) is 140 cm³/mol. The molecule has 1 saturated heterocycles. The molecule has 3 rings (SSSR count). The highest BCUT2D eigenvalue weighted by molar-refractivity contribution is 6.24. The molecule has 1 aromatic rings. The van der Waals surface area contributed by atoms with E-state index in [4.69, 9.17) is 5.73 Å². The van der Waals surface area contributed by atoms with E-state index in [1.54, 1.807) is 25.1 Å². The lowest BCUT2D eigenvalue weighted by molar-refractivity contribution is -0.136. The van der Waals surface area contributed by atoms with Crippen molar-refractivity contribution in [2.24, 2.45) is 5.73 Å². The van der Waals surface area contributed by atoms with Gasteiger partial charge in [0.1, 0.15) is 6.04 Å². The summed E-state index contributed by atoms with van der Waals surface area (Å²) in [4.78, 5) is 48.7. The fraction of sp³-hybridized carbons (Fsp3) is 0.630. The van der Waals surface area contributed by atoms with Crippen LogP contribution in [0.3, 0.4) is 0 Å². The summed E-state index contributed by atoms with van der Waals surface area (Å²) in [6.45, 7) is 17.1. The average molecular weight is 478 g/mol. The molecule has 7 nitrogen and oxygen atoms in total. The number of rotatable bonds is 5. The number of fused-ring (bicyclic) bond motifs is 1. The number of hydrogen-bond acceptors (Lipinski definition) is 5. The molecule has 0 radical (unpaired) electrons. The Morgan fingerprint density at radius 2 is 1.50 bits per heavy atom. The quantitative estimate of drug-likeness (QED) is 0.436. The molecule has 0 aliphatic carbocycles. The topological polar surface area (TPSA) is 110 Å². The second kappa shape index (κ2) is 19.9. The fourth-order valence-electron chi connectivity index (χ4n) is 3.08. The minimum Gasteiger partial charge on any atom is -0.330 e. The van der Waals surface area contributed by atoms with Crippen LogP contribution in [0.25, 0.3) is 0 Å². The van der Waals surface area contributed by atoms with Gasteiger partial charge in [0.15, 0.2) is 0 Å². The van der Waals surface area contributed by atoms with Crippen molar-refractivity contribution in [2.75, 3.05) is 6.54 Å². The molecular weight excluding hydrogens is 430 g/mol. The Morgan fingerprint density at radius 3 is 1.91 bits per heavy atom. The Morgan fingerprint density at radius 1 is 0.912 bits per heavy atom. The van der Waals surface area contributed by atoms with E-state index in [1.807, 2.05) is 27.7 Å². The summed E-state index contributed by atoms with van der Waals surface area (Å²) in [5, 5.41) is 2.16. The van der Waals surface area contributed by atoms with Gasteiger partial charge < -0.3 is 5.73 Å². The Balaban J connectivity index is 0. The Labute approximate surface area is 206 Å². The zero-order valence-electron chi connectivity index (χ0n) is 22.6. The van der Waals surface area contributed by atoms with Gasteiger partial charge in [0.05, 0.1) is 11.1 Å². The number of carbonyl (C=O) groups excluding carboxylic acids is 4. The lowest BCUT2D eigenvalue weighted by Gasteiger charge is -2.27. The van der Waals surface area contributed by atoms with Crippen LogP contribution in [0.2, 0.25) is 0 Å². The van der Waals surface area contributed by atoms with Gasteiger partial charge in [-0.25, -0.2) is 0 Å². The highest BCUT2D eigenvalue weighted by Crippen LogP contribution is 2.29. The van der Waals surface area contributed by atoms with E-state index in [0.29, 0.717) is 16.7 Å². The molecule has 1 fully saturated rings. The van der Waals surface area contributed by atoms with Crippen LogP contribution in [-0.4, -0.2) is 41.1 Å². The monoisotopic (exact) mass is 477 g/mol. The zero-order chi connectivity index (χ0) is 26.7. The number of carbonyl (C=O) groups is 4. The van der Waals surface area contributed by atoms with Crippen molar-refractivity contribution in [3.63, 3.8) is 0 Å². The number of unbranched alkanes of at least 4 members (excludes halogenated alkanes) is 3. The molecule has 194 valence electrons. The van der Waals surface area contributed by atoms with Crippen LogP contribution in [0, 0.1) is 6.92 Å². The third-order valence-electron chi connectivity index (χ3n) is 4.98. The van der Waals surface area contributed by atoms with Crippen LogP contribution in [0.4, 0.5) is 0 Å². The first-order valence-electron chi connectivity index (χ1n) is 12.8. The lowest BCUT2D eigenvalue weighted by Crippen LogP contribution is -2.54. The minimum atomic E-state index is -0.903. The average Bonchev–Trinajstić information content (AvgIpc) is 3.12. The zero-order valence-corrected chi connectivity index (χ0v) is 22.6. The van der Waals surface area contributed by atoms with Crippen LogP contribution in [0.5, 0.6) is 0 Å². The standard InChI is InChI=1S/C14H12N2O4.C5H13N.C4H10.2C2H6/c1-7-3-2-4-8-11(7)14(20)16(13(8)19)9-5-6-10(17)15-12(9)18;1-2-3-4-5-6;1-3-4-2;2*1-2/h2-4,9H,5-6H2,1H3,(H,15,17,18);2-6H2,1H3;3-4H2,1-2H3;2*1-2H3. The molecular formula is C27H47N3O4. The van der Waals surface area contributed by atoms with Gasteiger partial charge in [0, 0.05) is 6.42 Å².